The molecule has 0 saturated carbocycles. The monoisotopic (exact) mass is 286 g/mol. The summed E-state index contributed by atoms with van der Waals surface area (Å²) in [5.74, 6) is -0.726. The van der Waals surface area contributed by atoms with E-state index >= 15 is 0 Å². The van der Waals surface area contributed by atoms with Crippen LogP contribution in [0.2, 0.25) is 0 Å². The molecular formula is C15H11FN2O3. The van der Waals surface area contributed by atoms with Crippen molar-refractivity contribution in [3.05, 3.63) is 76.1 Å². The van der Waals surface area contributed by atoms with Crippen molar-refractivity contribution in [1.82, 2.24) is 0 Å². The average Bonchev–Trinajstić information content (AvgIpc) is 2.47. The Hall–Kier alpha value is -3.02. The second kappa shape index (κ2) is 6.42. The quantitative estimate of drug-likeness (QED) is 0.532. The van der Waals surface area contributed by atoms with Crippen molar-refractivity contribution in [3.8, 4) is 0 Å². The van der Waals surface area contributed by atoms with E-state index in [1.807, 2.05) is 0 Å². The van der Waals surface area contributed by atoms with Gasteiger partial charge in [-0.05, 0) is 35.9 Å². The minimum Gasteiger partial charge on any atom is -0.323 e. The number of nitrogens with zero attached hydrogens (tertiary/aromatic N) is 1. The maximum atomic E-state index is 12.7. The Morgan fingerprint density at radius 2 is 1.71 bits per heavy atom. The van der Waals surface area contributed by atoms with Crippen LogP contribution in [0.1, 0.15) is 5.56 Å². The van der Waals surface area contributed by atoms with Gasteiger partial charge in [-0.15, -0.1) is 0 Å². The zero-order chi connectivity index (χ0) is 15.2. The molecule has 21 heavy (non-hydrogen) atoms. The van der Waals surface area contributed by atoms with Gasteiger partial charge in [0, 0.05) is 23.9 Å². The number of anilines is 1. The molecule has 0 aliphatic heterocycles. The molecule has 0 unspecified atom stereocenters. The number of hydrogen-bond acceptors (Lipinski definition) is 3. The highest BCUT2D eigenvalue weighted by molar-refractivity contribution is 6.01. The molecule has 2 rings (SSSR count). The highest BCUT2D eigenvalue weighted by Crippen LogP contribution is 2.15. The molecule has 106 valence electrons. The minimum absolute atomic E-state index is 0.0464. The van der Waals surface area contributed by atoms with Gasteiger partial charge < -0.3 is 5.32 Å². The van der Waals surface area contributed by atoms with Gasteiger partial charge in [-0.2, -0.15) is 0 Å². The van der Waals surface area contributed by atoms with Crippen molar-refractivity contribution >= 4 is 23.4 Å². The van der Waals surface area contributed by atoms with Crippen molar-refractivity contribution in [3.63, 3.8) is 0 Å². The number of nitrogens with one attached hydrogen (secondary N) is 1. The number of halogens is 1. The van der Waals surface area contributed by atoms with Crippen LogP contribution < -0.4 is 5.32 Å². The number of carbonyl (C=O) groups excluding carboxylic acids is 1. The van der Waals surface area contributed by atoms with Gasteiger partial charge in [-0.3, -0.25) is 14.9 Å². The van der Waals surface area contributed by atoms with Crippen molar-refractivity contribution in [2.75, 3.05) is 5.32 Å². The summed E-state index contributed by atoms with van der Waals surface area (Å²) in [4.78, 5) is 21.6. The number of amides is 1. The van der Waals surface area contributed by atoms with Crippen LogP contribution in [-0.4, -0.2) is 10.8 Å². The van der Waals surface area contributed by atoms with Crippen LogP contribution in [0.15, 0.2) is 54.6 Å². The summed E-state index contributed by atoms with van der Waals surface area (Å²) in [6.07, 6.45) is 2.84. The van der Waals surface area contributed by atoms with Crippen molar-refractivity contribution in [2.45, 2.75) is 0 Å². The lowest BCUT2D eigenvalue weighted by Crippen LogP contribution is -2.07. The Balaban J connectivity index is 1.98. The van der Waals surface area contributed by atoms with Gasteiger partial charge in [0.2, 0.25) is 5.91 Å². The van der Waals surface area contributed by atoms with E-state index in [0.29, 0.717) is 11.3 Å². The number of rotatable bonds is 4. The van der Waals surface area contributed by atoms with Crippen LogP contribution in [0.25, 0.3) is 6.08 Å². The van der Waals surface area contributed by atoms with Crippen LogP contribution in [0, 0.1) is 15.9 Å². The molecule has 0 spiro atoms. The summed E-state index contributed by atoms with van der Waals surface area (Å²) < 4.78 is 12.7. The Kier molecular flexibility index (Phi) is 4.40. The normalized spacial score (nSPS) is 10.5. The topological polar surface area (TPSA) is 72.2 Å². The van der Waals surface area contributed by atoms with Gasteiger partial charge in [0.25, 0.3) is 5.69 Å². The first kappa shape index (κ1) is 14.4. The van der Waals surface area contributed by atoms with Crippen molar-refractivity contribution in [1.29, 1.82) is 0 Å². The predicted molar refractivity (Wildman–Crippen MR) is 77.2 cm³/mol. The SMILES string of the molecule is O=C(/C=C/c1ccc(F)cc1)Nc1ccc([N+](=O)[O-])cc1. The molecule has 1 N–H and O–H groups in total. The lowest BCUT2D eigenvalue weighted by Gasteiger charge is -2.01. The number of nitro groups is 1. The van der Waals surface area contributed by atoms with E-state index in [1.54, 1.807) is 18.2 Å². The zero-order valence-corrected chi connectivity index (χ0v) is 10.8. The summed E-state index contributed by atoms with van der Waals surface area (Å²) in [5.41, 5.74) is 1.10. The number of hydrogen-bond donors (Lipinski definition) is 1. The zero-order valence-electron chi connectivity index (χ0n) is 10.8. The fourth-order valence-corrected chi connectivity index (χ4v) is 1.60. The lowest BCUT2D eigenvalue weighted by molar-refractivity contribution is -0.384. The highest BCUT2D eigenvalue weighted by Gasteiger charge is 2.04. The standard InChI is InChI=1S/C15H11FN2O3/c16-12-4-1-11(2-5-12)3-10-15(19)17-13-6-8-14(9-7-13)18(20)21/h1-10H,(H,17,19)/b10-3+. The molecule has 2 aromatic rings. The van der Waals surface area contributed by atoms with Gasteiger partial charge in [0.15, 0.2) is 0 Å². The molecule has 0 saturated heterocycles. The third kappa shape index (κ3) is 4.24. The van der Waals surface area contributed by atoms with Gasteiger partial charge in [0.1, 0.15) is 5.82 Å². The van der Waals surface area contributed by atoms with Crippen LogP contribution >= 0.6 is 0 Å². The Labute approximate surface area is 119 Å². The summed E-state index contributed by atoms with van der Waals surface area (Å²) in [7, 11) is 0. The van der Waals surface area contributed by atoms with E-state index in [1.165, 1.54) is 42.5 Å². The number of non-ortho nitro benzene ring substituents is 1. The molecule has 6 heteroatoms. The van der Waals surface area contributed by atoms with Gasteiger partial charge in [-0.25, -0.2) is 4.39 Å². The summed E-state index contributed by atoms with van der Waals surface area (Å²) in [5, 5.41) is 13.1. The van der Waals surface area contributed by atoms with Crippen molar-refractivity contribution < 1.29 is 14.1 Å². The summed E-state index contributed by atoms with van der Waals surface area (Å²) in [6.45, 7) is 0. The van der Waals surface area contributed by atoms with E-state index < -0.39 is 4.92 Å². The molecule has 2 aromatic carbocycles. The van der Waals surface area contributed by atoms with Gasteiger partial charge in [-0.1, -0.05) is 12.1 Å². The lowest BCUT2D eigenvalue weighted by atomic mass is 10.2. The molecule has 0 aliphatic rings. The molecule has 0 radical (unpaired) electrons. The van der Waals surface area contributed by atoms with Gasteiger partial charge >= 0.3 is 0 Å². The average molecular weight is 286 g/mol. The molecule has 0 aromatic heterocycles. The third-order valence-electron chi connectivity index (χ3n) is 2.64. The molecule has 5 nitrogen and oxygen atoms in total. The fraction of sp³-hybridized carbons (Fsp3) is 0. The summed E-state index contributed by atoms with van der Waals surface area (Å²) in [6, 6.07) is 11.2. The van der Waals surface area contributed by atoms with E-state index in [4.69, 9.17) is 0 Å². The maximum absolute atomic E-state index is 12.7. The van der Waals surface area contributed by atoms with E-state index in [9.17, 15) is 19.3 Å². The second-order valence-electron chi connectivity index (χ2n) is 4.18. The van der Waals surface area contributed by atoms with Crippen molar-refractivity contribution in [2.24, 2.45) is 0 Å². The van der Waals surface area contributed by atoms with E-state index in [0.717, 1.165) is 0 Å². The number of carbonyl (C=O) groups is 1. The Bertz CT molecular complexity index is 679. The maximum Gasteiger partial charge on any atom is 0.269 e. The fourth-order valence-electron chi connectivity index (χ4n) is 1.60. The second-order valence-corrected chi connectivity index (χ2v) is 4.18. The first-order chi connectivity index (χ1) is 10.0. The van der Waals surface area contributed by atoms with Crippen LogP contribution in [0.4, 0.5) is 15.8 Å². The minimum atomic E-state index is -0.514. The molecule has 0 atom stereocenters. The van der Waals surface area contributed by atoms with Crippen LogP contribution in [0.3, 0.4) is 0 Å². The largest absolute Gasteiger partial charge is 0.323 e. The predicted octanol–water partition coefficient (Wildman–Crippen LogP) is 3.39. The Morgan fingerprint density at radius 1 is 1.10 bits per heavy atom. The van der Waals surface area contributed by atoms with E-state index in [-0.39, 0.29) is 17.4 Å². The highest BCUT2D eigenvalue weighted by atomic mass is 19.1. The van der Waals surface area contributed by atoms with Gasteiger partial charge in [0.05, 0.1) is 4.92 Å². The molecule has 0 aliphatic carbocycles. The molecular weight excluding hydrogens is 275 g/mol. The number of benzene rings is 2. The smallest absolute Gasteiger partial charge is 0.269 e. The third-order valence-corrected chi connectivity index (χ3v) is 2.64. The van der Waals surface area contributed by atoms with Crippen LogP contribution in [0.5, 0.6) is 0 Å². The molecule has 0 heterocycles. The van der Waals surface area contributed by atoms with Crippen LogP contribution in [-0.2, 0) is 4.79 Å². The van der Waals surface area contributed by atoms with E-state index in [2.05, 4.69) is 5.32 Å². The summed E-state index contributed by atoms with van der Waals surface area (Å²) >= 11 is 0. The first-order valence-corrected chi connectivity index (χ1v) is 6.04. The molecule has 0 fully saturated rings. The molecule has 0 bridgehead atoms. The molecule has 1 amide bonds. The first-order valence-electron chi connectivity index (χ1n) is 6.04. The number of nitro benzene ring substituents is 1. The Morgan fingerprint density at radius 3 is 2.29 bits per heavy atom.